The first-order valence-electron chi connectivity index (χ1n) is 7.48. The number of sulfone groups is 1. The normalized spacial score (nSPS) is 18.8. The van der Waals surface area contributed by atoms with Crippen LogP contribution in [0, 0.1) is 6.92 Å². The highest BCUT2D eigenvalue weighted by molar-refractivity contribution is 7.91. The van der Waals surface area contributed by atoms with Gasteiger partial charge in [-0.3, -0.25) is 10.1 Å². The van der Waals surface area contributed by atoms with E-state index in [9.17, 15) is 22.8 Å². The molecule has 3 N–H and O–H groups in total. The highest BCUT2D eigenvalue weighted by Gasteiger charge is 2.31. The molecule has 0 aliphatic carbocycles. The van der Waals surface area contributed by atoms with E-state index in [1.165, 1.54) is 10.8 Å². The highest BCUT2D eigenvalue weighted by Crippen LogP contribution is 2.30. The molecule has 0 unspecified atom stereocenters. The Morgan fingerprint density at radius 2 is 2.15 bits per heavy atom. The van der Waals surface area contributed by atoms with Crippen molar-refractivity contribution < 1.29 is 27.5 Å². The zero-order valence-corrected chi connectivity index (χ0v) is 15.3. The predicted molar refractivity (Wildman–Crippen MR) is 92.0 cm³/mol. The van der Waals surface area contributed by atoms with Gasteiger partial charge in [0.25, 0.3) is 5.91 Å². The molecule has 1 atom stereocenters. The first-order chi connectivity index (χ1) is 12.1. The minimum absolute atomic E-state index is 0.0337. The topological polar surface area (TPSA) is 150 Å². The second-order valence-electron chi connectivity index (χ2n) is 5.64. The molecule has 12 heteroatoms. The van der Waals surface area contributed by atoms with Crippen LogP contribution in [0.2, 0.25) is 5.15 Å². The lowest BCUT2D eigenvalue weighted by Gasteiger charge is -2.09. The number of imide groups is 1. The Labute approximate surface area is 154 Å². The number of nitrogens with one attached hydrogen (secondary N) is 1. The van der Waals surface area contributed by atoms with Gasteiger partial charge in [-0.25, -0.2) is 22.7 Å². The van der Waals surface area contributed by atoms with E-state index >= 15 is 0 Å². The van der Waals surface area contributed by atoms with Gasteiger partial charge in [-0.15, -0.1) is 0 Å². The number of ether oxygens (including phenoxy) is 1. The fraction of sp³-hybridized carbons (Fsp3) is 0.429. The number of halogens is 1. The van der Waals surface area contributed by atoms with Crippen molar-refractivity contribution in [2.45, 2.75) is 19.4 Å². The van der Waals surface area contributed by atoms with Crippen LogP contribution in [0.4, 0.5) is 4.79 Å². The molecular weight excluding hydrogens is 388 g/mol. The summed E-state index contributed by atoms with van der Waals surface area (Å²) in [4.78, 5) is 33.2. The van der Waals surface area contributed by atoms with Crippen LogP contribution in [0.25, 0.3) is 6.08 Å². The van der Waals surface area contributed by atoms with E-state index < -0.39 is 34.4 Å². The van der Waals surface area contributed by atoms with Gasteiger partial charge < -0.3 is 10.5 Å². The van der Waals surface area contributed by atoms with Crippen molar-refractivity contribution in [3.05, 3.63) is 22.5 Å². The lowest BCUT2D eigenvalue weighted by atomic mass is 10.2. The third-order valence-electron chi connectivity index (χ3n) is 3.62. The molecule has 142 valence electrons. The van der Waals surface area contributed by atoms with Crippen molar-refractivity contribution in [2.24, 2.45) is 5.73 Å². The Morgan fingerprint density at radius 3 is 2.73 bits per heavy atom. The summed E-state index contributed by atoms with van der Waals surface area (Å²) < 4.78 is 29.3. The van der Waals surface area contributed by atoms with Gasteiger partial charge in [0.05, 0.1) is 23.2 Å². The summed E-state index contributed by atoms with van der Waals surface area (Å²) in [5.41, 5.74) is 5.70. The molecule has 0 aromatic carbocycles. The summed E-state index contributed by atoms with van der Waals surface area (Å²) in [6, 6.07) is -1.40. The minimum atomic E-state index is -3.10. The van der Waals surface area contributed by atoms with Crippen molar-refractivity contribution in [3.63, 3.8) is 0 Å². The van der Waals surface area contributed by atoms with Crippen molar-refractivity contribution >= 4 is 45.4 Å². The number of nitrogens with two attached hydrogens (primary N) is 1. The van der Waals surface area contributed by atoms with Gasteiger partial charge in [0, 0.05) is 11.6 Å². The molecule has 0 saturated carbocycles. The van der Waals surface area contributed by atoms with Gasteiger partial charge in [-0.2, -0.15) is 5.10 Å². The molecule has 1 aliphatic rings. The molecule has 0 bridgehead atoms. The van der Waals surface area contributed by atoms with E-state index in [2.05, 4.69) is 9.84 Å². The molecule has 1 fully saturated rings. The van der Waals surface area contributed by atoms with E-state index in [0.717, 1.165) is 6.08 Å². The zero-order valence-electron chi connectivity index (χ0n) is 13.8. The van der Waals surface area contributed by atoms with Crippen molar-refractivity contribution in [1.29, 1.82) is 0 Å². The first-order valence-corrected chi connectivity index (χ1v) is 9.68. The van der Waals surface area contributed by atoms with Gasteiger partial charge in [-0.1, -0.05) is 11.6 Å². The standard InChI is InChI=1S/C14H17ClN4O6S/c1-8-10(2-3-12(21)25-6-11(20)17-14(16)22)13(15)19(18-8)9-4-5-26(23,24)7-9/h2-3,9H,4-7H2,1H3,(H3,16,17,20,22)/b3-2+/t9-/m1/s1. The van der Waals surface area contributed by atoms with Crippen LogP contribution in [-0.4, -0.2) is 54.2 Å². The fourth-order valence-electron chi connectivity index (χ4n) is 2.44. The van der Waals surface area contributed by atoms with Crippen LogP contribution in [0.15, 0.2) is 6.08 Å². The van der Waals surface area contributed by atoms with Crippen molar-refractivity contribution in [2.75, 3.05) is 18.1 Å². The van der Waals surface area contributed by atoms with Crippen LogP contribution in [0.1, 0.15) is 23.7 Å². The maximum absolute atomic E-state index is 11.6. The number of aryl methyl sites for hydroxylation is 1. The Kier molecular flexibility index (Phi) is 6.03. The summed E-state index contributed by atoms with van der Waals surface area (Å²) in [6.07, 6.45) is 2.82. The van der Waals surface area contributed by atoms with Crippen LogP contribution in [0.5, 0.6) is 0 Å². The van der Waals surface area contributed by atoms with E-state index in [1.54, 1.807) is 12.2 Å². The van der Waals surface area contributed by atoms with E-state index in [1.807, 2.05) is 0 Å². The molecule has 1 aromatic heterocycles. The number of rotatable bonds is 5. The molecule has 3 amide bonds. The van der Waals surface area contributed by atoms with Crippen LogP contribution in [0.3, 0.4) is 0 Å². The summed E-state index contributed by atoms with van der Waals surface area (Å²) >= 11 is 6.26. The number of urea groups is 1. The summed E-state index contributed by atoms with van der Waals surface area (Å²) in [7, 11) is -3.10. The lowest BCUT2D eigenvalue weighted by Crippen LogP contribution is -2.37. The lowest BCUT2D eigenvalue weighted by molar-refractivity contribution is -0.143. The van der Waals surface area contributed by atoms with Crippen LogP contribution >= 0.6 is 11.6 Å². The molecular formula is C14H17ClN4O6S. The highest BCUT2D eigenvalue weighted by atomic mass is 35.5. The number of amides is 3. The maximum Gasteiger partial charge on any atom is 0.331 e. The fourth-order valence-corrected chi connectivity index (χ4v) is 4.51. The number of esters is 1. The van der Waals surface area contributed by atoms with Gasteiger partial charge in [0.15, 0.2) is 16.4 Å². The Hall–Kier alpha value is -2.40. The third kappa shape index (κ3) is 5.05. The van der Waals surface area contributed by atoms with Gasteiger partial charge >= 0.3 is 12.0 Å². The molecule has 10 nitrogen and oxygen atoms in total. The summed E-state index contributed by atoms with van der Waals surface area (Å²) in [6.45, 7) is 0.995. The second kappa shape index (κ2) is 7.87. The van der Waals surface area contributed by atoms with Crippen molar-refractivity contribution in [1.82, 2.24) is 15.1 Å². The second-order valence-corrected chi connectivity index (χ2v) is 8.23. The summed E-state index contributed by atoms with van der Waals surface area (Å²) in [5.74, 6) is -1.65. The minimum Gasteiger partial charge on any atom is -0.452 e. The molecule has 1 saturated heterocycles. The molecule has 0 spiro atoms. The monoisotopic (exact) mass is 404 g/mol. The molecule has 2 rings (SSSR count). The van der Waals surface area contributed by atoms with E-state index in [-0.39, 0.29) is 22.7 Å². The predicted octanol–water partition coefficient (Wildman–Crippen LogP) is -0.0442. The molecule has 2 heterocycles. The number of primary amides is 1. The average Bonchev–Trinajstić information content (AvgIpc) is 3.02. The summed E-state index contributed by atoms with van der Waals surface area (Å²) in [5, 5.41) is 6.20. The number of aromatic nitrogens is 2. The third-order valence-corrected chi connectivity index (χ3v) is 5.75. The van der Waals surface area contributed by atoms with Crippen LogP contribution in [-0.2, 0) is 24.2 Å². The number of hydrogen-bond acceptors (Lipinski definition) is 7. The largest absolute Gasteiger partial charge is 0.452 e. The van der Waals surface area contributed by atoms with Crippen LogP contribution < -0.4 is 11.1 Å². The van der Waals surface area contributed by atoms with E-state index in [0.29, 0.717) is 17.7 Å². The quantitative estimate of drug-likeness (QED) is 0.516. The smallest absolute Gasteiger partial charge is 0.331 e. The average molecular weight is 405 g/mol. The Bertz CT molecular complexity index is 876. The maximum atomic E-state index is 11.6. The number of hydrogen-bond donors (Lipinski definition) is 2. The molecule has 26 heavy (non-hydrogen) atoms. The molecule has 1 aliphatic heterocycles. The first kappa shape index (κ1) is 19.9. The van der Waals surface area contributed by atoms with Gasteiger partial charge in [0.1, 0.15) is 5.15 Å². The number of carbonyl (C=O) groups is 3. The molecule has 0 radical (unpaired) electrons. The van der Waals surface area contributed by atoms with Gasteiger partial charge in [0.2, 0.25) is 0 Å². The Balaban J connectivity index is 2.03. The SMILES string of the molecule is Cc1nn([C@@H]2CCS(=O)(=O)C2)c(Cl)c1/C=C/C(=O)OCC(=O)NC(N)=O. The molecule has 1 aromatic rings. The Morgan fingerprint density at radius 1 is 1.46 bits per heavy atom. The van der Waals surface area contributed by atoms with Gasteiger partial charge in [-0.05, 0) is 19.4 Å². The number of carbonyl (C=O) groups excluding carboxylic acids is 3. The van der Waals surface area contributed by atoms with E-state index in [4.69, 9.17) is 17.3 Å². The zero-order chi connectivity index (χ0) is 19.5. The van der Waals surface area contributed by atoms with Crippen molar-refractivity contribution in [3.8, 4) is 0 Å². The number of nitrogens with zero attached hydrogens (tertiary/aromatic N) is 2.